The molecular formula is C27H30O11S3. The SMILES string of the molecule is COC1OC(COS(=O)(=O)c2ccc(C)cc2)C(OS(=O)(=O)c2ccc(C)cc2)C1OS(=O)(=O)c1ccc(C)cc1. The first-order valence-electron chi connectivity index (χ1n) is 12.4. The molecule has 1 fully saturated rings. The van der Waals surface area contributed by atoms with Crippen LogP contribution in [0.3, 0.4) is 0 Å². The zero-order chi connectivity index (χ0) is 30.0. The Labute approximate surface area is 240 Å². The zero-order valence-corrected chi connectivity index (χ0v) is 25.1. The monoisotopic (exact) mass is 626 g/mol. The van der Waals surface area contributed by atoms with Crippen molar-refractivity contribution in [2.24, 2.45) is 0 Å². The van der Waals surface area contributed by atoms with E-state index in [0.717, 1.165) is 16.7 Å². The highest BCUT2D eigenvalue weighted by molar-refractivity contribution is 7.87. The molecule has 222 valence electrons. The van der Waals surface area contributed by atoms with Crippen molar-refractivity contribution in [3.63, 3.8) is 0 Å². The molecule has 0 aromatic heterocycles. The average Bonchev–Trinajstić information content (AvgIpc) is 3.23. The van der Waals surface area contributed by atoms with Gasteiger partial charge < -0.3 is 9.47 Å². The van der Waals surface area contributed by atoms with Gasteiger partial charge in [-0.2, -0.15) is 25.3 Å². The van der Waals surface area contributed by atoms with Crippen LogP contribution in [0.2, 0.25) is 0 Å². The molecule has 0 bridgehead atoms. The van der Waals surface area contributed by atoms with Crippen molar-refractivity contribution in [2.45, 2.75) is 60.1 Å². The predicted molar refractivity (Wildman–Crippen MR) is 146 cm³/mol. The van der Waals surface area contributed by atoms with Crippen molar-refractivity contribution < 1.29 is 47.3 Å². The van der Waals surface area contributed by atoms with E-state index in [9.17, 15) is 25.3 Å². The molecule has 4 unspecified atom stereocenters. The minimum Gasteiger partial charge on any atom is -0.353 e. The molecular weight excluding hydrogens is 596 g/mol. The highest BCUT2D eigenvalue weighted by Crippen LogP contribution is 2.33. The van der Waals surface area contributed by atoms with E-state index < -0.39 is 61.6 Å². The maximum atomic E-state index is 13.2. The van der Waals surface area contributed by atoms with Gasteiger partial charge in [0, 0.05) is 7.11 Å². The second-order valence-electron chi connectivity index (χ2n) is 9.49. The summed E-state index contributed by atoms with van der Waals surface area (Å²) >= 11 is 0. The first kappa shape index (κ1) is 31.3. The van der Waals surface area contributed by atoms with Gasteiger partial charge in [-0.05, 0) is 57.2 Å². The van der Waals surface area contributed by atoms with E-state index in [1.165, 1.54) is 43.5 Å². The van der Waals surface area contributed by atoms with Gasteiger partial charge in [0.25, 0.3) is 30.4 Å². The lowest BCUT2D eigenvalue weighted by atomic mass is 10.1. The number of hydrogen-bond acceptors (Lipinski definition) is 11. The van der Waals surface area contributed by atoms with Crippen LogP contribution in [0.5, 0.6) is 0 Å². The van der Waals surface area contributed by atoms with Crippen LogP contribution < -0.4 is 0 Å². The molecule has 0 aliphatic carbocycles. The molecule has 1 aliphatic heterocycles. The molecule has 1 aliphatic rings. The Hall–Kier alpha value is -2.69. The third-order valence-electron chi connectivity index (χ3n) is 6.29. The molecule has 1 saturated heterocycles. The third kappa shape index (κ3) is 7.40. The van der Waals surface area contributed by atoms with Crippen LogP contribution in [0.15, 0.2) is 87.5 Å². The lowest BCUT2D eigenvalue weighted by Crippen LogP contribution is -2.42. The number of ether oxygens (including phenoxy) is 2. The average molecular weight is 627 g/mol. The smallest absolute Gasteiger partial charge is 0.297 e. The van der Waals surface area contributed by atoms with E-state index in [4.69, 9.17) is 22.0 Å². The fourth-order valence-electron chi connectivity index (χ4n) is 3.98. The van der Waals surface area contributed by atoms with E-state index in [0.29, 0.717) is 0 Å². The standard InChI is InChI=1S/C27H30O11S3/c1-18-5-11-21(12-6-18)39(28,29)35-17-24-25(37-40(30,31)22-13-7-19(2)8-14-22)26(27(34-4)36-24)38-41(32,33)23-15-9-20(3)10-16-23/h5-16,24-27H,17H2,1-4H3. The van der Waals surface area contributed by atoms with Gasteiger partial charge in [0.05, 0.1) is 21.3 Å². The summed E-state index contributed by atoms with van der Waals surface area (Å²) in [6.45, 7) is 4.61. The fourth-order valence-corrected chi connectivity index (χ4v) is 7.08. The predicted octanol–water partition coefficient (Wildman–Crippen LogP) is 3.24. The molecule has 0 amide bonds. The number of hydrogen-bond donors (Lipinski definition) is 0. The van der Waals surface area contributed by atoms with Gasteiger partial charge in [0.2, 0.25) is 0 Å². The largest absolute Gasteiger partial charge is 0.353 e. The summed E-state index contributed by atoms with van der Waals surface area (Å²) in [5.41, 5.74) is 2.43. The second kappa shape index (κ2) is 12.3. The van der Waals surface area contributed by atoms with Gasteiger partial charge in [-0.1, -0.05) is 53.1 Å². The van der Waals surface area contributed by atoms with E-state index in [1.807, 2.05) is 0 Å². The minimum atomic E-state index is -4.51. The number of rotatable bonds is 11. The highest BCUT2D eigenvalue weighted by Gasteiger charge is 2.52. The Morgan fingerprint density at radius 2 is 0.951 bits per heavy atom. The molecule has 14 heteroatoms. The lowest BCUT2D eigenvalue weighted by molar-refractivity contribution is -0.146. The first-order valence-corrected chi connectivity index (χ1v) is 16.6. The Morgan fingerprint density at radius 3 is 1.34 bits per heavy atom. The normalized spacial score (nSPS) is 21.7. The van der Waals surface area contributed by atoms with Crippen LogP contribution in [0.1, 0.15) is 16.7 Å². The van der Waals surface area contributed by atoms with Crippen molar-refractivity contribution in [3.8, 4) is 0 Å². The van der Waals surface area contributed by atoms with Gasteiger partial charge in [0.15, 0.2) is 12.4 Å². The second-order valence-corrected chi connectivity index (χ2v) is 14.2. The van der Waals surface area contributed by atoms with Gasteiger partial charge in [-0.15, -0.1) is 0 Å². The zero-order valence-electron chi connectivity index (χ0n) is 22.7. The van der Waals surface area contributed by atoms with Crippen LogP contribution in [0.4, 0.5) is 0 Å². The quantitative estimate of drug-likeness (QED) is 0.289. The Balaban J connectivity index is 1.66. The Morgan fingerprint density at radius 1 is 0.585 bits per heavy atom. The van der Waals surface area contributed by atoms with Gasteiger partial charge in [-0.3, -0.25) is 12.5 Å². The van der Waals surface area contributed by atoms with Gasteiger partial charge in [0.1, 0.15) is 12.2 Å². The van der Waals surface area contributed by atoms with E-state index >= 15 is 0 Å². The first-order chi connectivity index (χ1) is 19.2. The molecule has 0 spiro atoms. The fraction of sp³-hybridized carbons (Fsp3) is 0.333. The molecule has 0 saturated carbocycles. The minimum absolute atomic E-state index is 0.135. The summed E-state index contributed by atoms with van der Waals surface area (Å²) in [7, 11) is -12.1. The van der Waals surface area contributed by atoms with Crippen molar-refractivity contribution in [1.29, 1.82) is 0 Å². The maximum absolute atomic E-state index is 13.2. The molecule has 4 atom stereocenters. The van der Waals surface area contributed by atoms with Gasteiger partial charge in [-0.25, -0.2) is 0 Å². The van der Waals surface area contributed by atoms with Crippen LogP contribution in [0.25, 0.3) is 0 Å². The molecule has 0 radical (unpaired) electrons. The lowest BCUT2D eigenvalue weighted by Gasteiger charge is -2.23. The topological polar surface area (TPSA) is 149 Å². The summed E-state index contributed by atoms with van der Waals surface area (Å²) in [5.74, 6) is 0. The van der Waals surface area contributed by atoms with Crippen LogP contribution in [-0.2, 0) is 52.4 Å². The van der Waals surface area contributed by atoms with E-state index in [1.54, 1.807) is 57.2 Å². The third-order valence-corrected chi connectivity index (χ3v) is 10.2. The van der Waals surface area contributed by atoms with Crippen molar-refractivity contribution >= 4 is 30.4 Å². The Kier molecular flexibility index (Phi) is 9.35. The van der Waals surface area contributed by atoms with Crippen LogP contribution in [0, 0.1) is 20.8 Å². The summed E-state index contributed by atoms with van der Waals surface area (Å²) in [5, 5.41) is 0. The molecule has 4 rings (SSSR count). The van der Waals surface area contributed by atoms with Gasteiger partial charge >= 0.3 is 0 Å². The molecule has 3 aromatic rings. The summed E-state index contributed by atoms with van der Waals surface area (Å²) in [4.78, 5) is -0.542. The number of methoxy groups -OCH3 is 1. The molecule has 41 heavy (non-hydrogen) atoms. The van der Waals surface area contributed by atoms with Crippen molar-refractivity contribution in [1.82, 2.24) is 0 Å². The molecule has 11 nitrogen and oxygen atoms in total. The summed E-state index contributed by atoms with van der Waals surface area (Å²) in [6.07, 6.45) is -6.22. The van der Waals surface area contributed by atoms with Crippen molar-refractivity contribution in [3.05, 3.63) is 89.5 Å². The molecule has 3 aromatic carbocycles. The Bertz CT molecular complexity index is 1670. The number of aryl methyl sites for hydroxylation is 3. The summed E-state index contributed by atoms with van der Waals surface area (Å²) < 4.78 is 105. The van der Waals surface area contributed by atoms with E-state index in [-0.39, 0.29) is 14.7 Å². The summed E-state index contributed by atoms with van der Waals surface area (Å²) in [6, 6.07) is 17.4. The van der Waals surface area contributed by atoms with Crippen LogP contribution in [-0.4, -0.2) is 63.6 Å². The maximum Gasteiger partial charge on any atom is 0.297 e. The van der Waals surface area contributed by atoms with Crippen molar-refractivity contribution in [2.75, 3.05) is 13.7 Å². The van der Waals surface area contributed by atoms with E-state index in [2.05, 4.69) is 0 Å². The number of benzene rings is 3. The highest BCUT2D eigenvalue weighted by atomic mass is 32.2. The molecule has 0 N–H and O–H groups in total. The molecule has 1 heterocycles. The van der Waals surface area contributed by atoms with Crippen LogP contribution >= 0.6 is 0 Å².